The van der Waals surface area contributed by atoms with E-state index in [4.69, 9.17) is 0 Å². The summed E-state index contributed by atoms with van der Waals surface area (Å²) in [6, 6.07) is 16.1. The van der Waals surface area contributed by atoms with E-state index in [-0.39, 0.29) is 18.3 Å². The number of benzene rings is 2. The smallest absolute Gasteiger partial charge is 0.233 e. The zero-order valence-corrected chi connectivity index (χ0v) is 11.8. The van der Waals surface area contributed by atoms with Gasteiger partial charge in [0.15, 0.2) is 0 Å². The second kappa shape index (κ2) is 7.10. The van der Waals surface area contributed by atoms with E-state index in [1.165, 1.54) is 6.07 Å². The van der Waals surface area contributed by atoms with Crippen LogP contribution in [0.15, 0.2) is 54.6 Å². The summed E-state index contributed by atoms with van der Waals surface area (Å²) in [7, 11) is 0. The summed E-state index contributed by atoms with van der Waals surface area (Å²) in [4.78, 5) is 11.9. The van der Waals surface area contributed by atoms with Gasteiger partial charge in [-0.05, 0) is 18.1 Å². The minimum Gasteiger partial charge on any atom is -0.351 e. The minimum atomic E-state index is -0.441. The summed E-state index contributed by atoms with van der Waals surface area (Å²) < 4.78 is 13.4. The predicted molar refractivity (Wildman–Crippen MR) is 81.2 cm³/mol. The average Bonchev–Trinajstić information content (AvgIpc) is 2.47. The first kappa shape index (κ1) is 14.6. The van der Waals surface area contributed by atoms with Crippen molar-refractivity contribution in [2.24, 2.45) is 0 Å². The van der Waals surface area contributed by atoms with Gasteiger partial charge in [-0.15, -0.1) is 0 Å². The molecule has 1 amide bonds. The van der Waals surface area contributed by atoms with Crippen molar-refractivity contribution in [2.45, 2.75) is 18.2 Å². The number of rotatable bonds is 5. The van der Waals surface area contributed by atoms with Crippen LogP contribution in [0.2, 0.25) is 0 Å². The van der Waals surface area contributed by atoms with Gasteiger partial charge < -0.3 is 5.32 Å². The molecule has 0 bridgehead atoms. The van der Waals surface area contributed by atoms with Gasteiger partial charge in [-0.1, -0.05) is 48.5 Å². The molecule has 0 fully saturated rings. The Morgan fingerprint density at radius 3 is 2.45 bits per heavy atom. The predicted octanol–water partition coefficient (Wildman–Crippen LogP) is 2.98. The number of carbonyl (C=O) groups is 1. The molecule has 4 heteroatoms. The molecule has 0 aromatic heterocycles. The van der Waals surface area contributed by atoms with Crippen molar-refractivity contribution in [3.63, 3.8) is 0 Å². The molecule has 2 rings (SSSR count). The molecule has 2 nitrogen and oxygen atoms in total. The highest BCUT2D eigenvalue weighted by Gasteiger charge is 2.14. The van der Waals surface area contributed by atoms with E-state index in [1.54, 1.807) is 18.2 Å². The van der Waals surface area contributed by atoms with E-state index in [0.29, 0.717) is 12.0 Å². The van der Waals surface area contributed by atoms with Crippen molar-refractivity contribution in [2.75, 3.05) is 0 Å². The SMILES string of the molecule is O=C(NCc1ccccc1F)C(S)Cc1ccccc1. The molecule has 2 aromatic carbocycles. The zero-order valence-electron chi connectivity index (χ0n) is 10.9. The lowest BCUT2D eigenvalue weighted by molar-refractivity contribution is -0.120. The van der Waals surface area contributed by atoms with Crippen LogP contribution < -0.4 is 5.32 Å². The van der Waals surface area contributed by atoms with Crippen LogP contribution in [0.25, 0.3) is 0 Å². The summed E-state index contributed by atoms with van der Waals surface area (Å²) >= 11 is 4.30. The summed E-state index contributed by atoms with van der Waals surface area (Å²) in [6.07, 6.45) is 0.549. The van der Waals surface area contributed by atoms with E-state index in [1.807, 2.05) is 30.3 Å². The van der Waals surface area contributed by atoms with E-state index in [9.17, 15) is 9.18 Å². The Balaban J connectivity index is 1.87. The molecule has 0 radical (unpaired) electrons. The number of carbonyl (C=O) groups excluding carboxylic acids is 1. The Morgan fingerprint density at radius 1 is 1.10 bits per heavy atom. The molecule has 0 aliphatic carbocycles. The maximum absolute atomic E-state index is 13.4. The highest BCUT2D eigenvalue weighted by atomic mass is 32.1. The van der Waals surface area contributed by atoms with Gasteiger partial charge in [0.05, 0.1) is 5.25 Å². The molecular formula is C16H16FNOS. The molecule has 1 N–H and O–H groups in total. The fourth-order valence-corrected chi connectivity index (χ4v) is 2.17. The van der Waals surface area contributed by atoms with Crippen LogP contribution in [-0.4, -0.2) is 11.2 Å². The number of thiol groups is 1. The van der Waals surface area contributed by atoms with Crippen LogP contribution >= 0.6 is 12.6 Å². The van der Waals surface area contributed by atoms with E-state index in [2.05, 4.69) is 17.9 Å². The normalized spacial score (nSPS) is 11.9. The highest BCUT2D eigenvalue weighted by molar-refractivity contribution is 7.81. The van der Waals surface area contributed by atoms with Crippen LogP contribution in [0, 0.1) is 5.82 Å². The van der Waals surface area contributed by atoms with Gasteiger partial charge in [0.25, 0.3) is 0 Å². The van der Waals surface area contributed by atoms with Crippen molar-refractivity contribution in [1.82, 2.24) is 5.32 Å². The Bertz CT molecular complexity index is 574. The second-order valence-corrected chi connectivity index (χ2v) is 5.14. The molecule has 0 heterocycles. The zero-order chi connectivity index (χ0) is 14.4. The highest BCUT2D eigenvalue weighted by Crippen LogP contribution is 2.09. The van der Waals surface area contributed by atoms with Crippen LogP contribution in [-0.2, 0) is 17.8 Å². The van der Waals surface area contributed by atoms with Crippen LogP contribution in [0.5, 0.6) is 0 Å². The third kappa shape index (κ3) is 4.10. The quantitative estimate of drug-likeness (QED) is 0.814. The van der Waals surface area contributed by atoms with Crippen molar-refractivity contribution in [3.8, 4) is 0 Å². The average molecular weight is 289 g/mol. The standard InChI is InChI=1S/C16H16FNOS/c17-14-9-5-4-8-13(14)11-18-16(19)15(20)10-12-6-2-1-3-7-12/h1-9,15,20H,10-11H2,(H,18,19). The summed E-state index contributed by atoms with van der Waals surface area (Å²) in [5.41, 5.74) is 1.52. The Labute approximate surface area is 123 Å². The molecule has 0 aliphatic heterocycles. The first-order valence-corrected chi connectivity index (χ1v) is 6.91. The number of hydrogen-bond acceptors (Lipinski definition) is 2. The number of nitrogens with one attached hydrogen (secondary N) is 1. The molecular weight excluding hydrogens is 273 g/mol. The molecule has 2 aromatic rings. The van der Waals surface area contributed by atoms with Gasteiger partial charge in [-0.3, -0.25) is 4.79 Å². The summed E-state index contributed by atoms with van der Waals surface area (Å²) in [6.45, 7) is 0.178. The Kier molecular flexibility index (Phi) is 5.18. The maximum atomic E-state index is 13.4. The van der Waals surface area contributed by atoms with E-state index < -0.39 is 5.25 Å². The van der Waals surface area contributed by atoms with Crippen molar-refractivity contribution in [1.29, 1.82) is 0 Å². The molecule has 0 spiro atoms. The topological polar surface area (TPSA) is 29.1 Å². The molecule has 20 heavy (non-hydrogen) atoms. The number of halogens is 1. The third-order valence-electron chi connectivity index (χ3n) is 2.99. The van der Waals surface area contributed by atoms with Crippen molar-refractivity contribution < 1.29 is 9.18 Å². The fraction of sp³-hybridized carbons (Fsp3) is 0.188. The Hall–Kier alpha value is -1.81. The van der Waals surface area contributed by atoms with Crippen molar-refractivity contribution in [3.05, 3.63) is 71.5 Å². The lowest BCUT2D eigenvalue weighted by Crippen LogP contribution is -2.32. The third-order valence-corrected chi connectivity index (χ3v) is 3.40. The van der Waals surface area contributed by atoms with Gasteiger partial charge >= 0.3 is 0 Å². The summed E-state index contributed by atoms with van der Waals surface area (Å²) in [5, 5.41) is 2.26. The molecule has 104 valence electrons. The first-order chi connectivity index (χ1) is 9.66. The largest absolute Gasteiger partial charge is 0.351 e. The van der Waals surface area contributed by atoms with E-state index in [0.717, 1.165) is 5.56 Å². The molecule has 0 aliphatic rings. The molecule has 0 saturated heterocycles. The fourth-order valence-electron chi connectivity index (χ4n) is 1.87. The maximum Gasteiger partial charge on any atom is 0.233 e. The Morgan fingerprint density at radius 2 is 1.75 bits per heavy atom. The number of amides is 1. The molecule has 1 atom stereocenters. The van der Waals surface area contributed by atoms with E-state index >= 15 is 0 Å². The lowest BCUT2D eigenvalue weighted by Gasteiger charge is -2.12. The second-order valence-electron chi connectivity index (χ2n) is 4.51. The molecule has 0 saturated carbocycles. The van der Waals surface area contributed by atoms with Crippen LogP contribution in [0.3, 0.4) is 0 Å². The van der Waals surface area contributed by atoms with Gasteiger partial charge in [0.1, 0.15) is 5.82 Å². The van der Waals surface area contributed by atoms with Crippen molar-refractivity contribution >= 4 is 18.5 Å². The molecule has 1 unspecified atom stereocenters. The lowest BCUT2D eigenvalue weighted by atomic mass is 10.1. The van der Waals surface area contributed by atoms with Crippen LogP contribution in [0.4, 0.5) is 4.39 Å². The summed E-state index contributed by atoms with van der Waals surface area (Å²) in [5.74, 6) is -0.507. The van der Waals surface area contributed by atoms with Gasteiger partial charge in [0.2, 0.25) is 5.91 Å². The van der Waals surface area contributed by atoms with Gasteiger partial charge in [-0.25, -0.2) is 4.39 Å². The number of hydrogen-bond donors (Lipinski definition) is 2. The van der Waals surface area contributed by atoms with Gasteiger partial charge in [0, 0.05) is 12.1 Å². The first-order valence-electron chi connectivity index (χ1n) is 6.40. The monoisotopic (exact) mass is 289 g/mol. The van der Waals surface area contributed by atoms with Crippen LogP contribution in [0.1, 0.15) is 11.1 Å². The van der Waals surface area contributed by atoms with Gasteiger partial charge in [-0.2, -0.15) is 12.6 Å². The minimum absolute atomic E-state index is 0.178.